The van der Waals surface area contributed by atoms with Gasteiger partial charge in [-0.1, -0.05) is 35.9 Å². The predicted octanol–water partition coefficient (Wildman–Crippen LogP) is 4.00. The van der Waals surface area contributed by atoms with Crippen molar-refractivity contribution in [2.75, 3.05) is 19.8 Å². The zero-order valence-corrected chi connectivity index (χ0v) is 15.9. The Hall–Kier alpha value is -2.67. The molecule has 2 heterocycles. The summed E-state index contributed by atoms with van der Waals surface area (Å²) in [6, 6.07) is 14.6. The summed E-state index contributed by atoms with van der Waals surface area (Å²) in [6.07, 6.45) is 1.81. The van der Waals surface area contributed by atoms with E-state index in [1.807, 2.05) is 42.6 Å². The van der Waals surface area contributed by atoms with E-state index in [0.29, 0.717) is 30.3 Å². The van der Waals surface area contributed by atoms with Crippen LogP contribution in [0.15, 0.2) is 54.7 Å². The molecule has 1 aliphatic heterocycles. The van der Waals surface area contributed by atoms with Crippen LogP contribution in [-0.2, 0) is 11.3 Å². The molecule has 6 nitrogen and oxygen atoms in total. The highest BCUT2D eigenvalue weighted by Gasteiger charge is 2.27. The van der Waals surface area contributed by atoms with Gasteiger partial charge in [0.2, 0.25) is 0 Å². The Morgan fingerprint density at radius 1 is 1.29 bits per heavy atom. The average molecular weight is 398 g/mol. The third-order valence-electron chi connectivity index (χ3n) is 4.87. The van der Waals surface area contributed by atoms with Crippen LogP contribution in [0.2, 0.25) is 5.02 Å². The van der Waals surface area contributed by atoms with E-state index in [-0.39, 0.29) is 6.04 Å². The van der Waals surface area contributed by atoms with Gasteiger partial charge < -0.3 is 14.8 Å². The second kappa shape index (κ2) is 8.14. The van der Waals surface area contributed by atoms with Crippen molar-refractivity contribution in [1.82, 2.24) is 14.9 Å². The molecule has 144 valence electrons. The van der Waals surface area contributed by atoms with E-state index in [0.717, 1.165) is 29.2 Å². The summed E-state index contributed by atoms with van der Waals surface area (Å²) in [5.74, 6) is -0.0724. The maximum Gasteiger partial charge on any atom is 0.335 e. The lowest BCUT2D eigenvalue weighted by Crippen LogP contribution is -2.39. The summed E-state index contributed by atoms with van der Waals surface area (Å²) in [6.45, 7) is 2.68. The molecule has 7 heteroatoms. The summed E-state index contributed by atoms with van der Waals surface area (Å²) in [7, 11) is 0. The smallest absolute Gasteiger partial charge is 0.335 e. The fourth-order valence-electron chi connectivity index (χ4n) is 3.38. The Bertz CT molecular complexity index is 971. The lowest BCUT2D eigenvalue weighted by molar-refractivity contribution is -0.0156. The molecular formula is C21H20ClN3O3. The zero-order chi connectivity index (χ0) is 19.5. The molecule has 3 aromatic rings. The summed E-state index contributed by atoms with van der Waals surface area (Å²) in [4.78, 5) is 21.3. The molecule has 1 aromatic heterocycles. The van der Waals surface area contributed by atoms with Crippen LogP contribution in [0.25, 0.3) is 11.3 Å². The molecule has 2 N–H and O–H groups in total. The summed E-state index contributed by atoms with van der Waals surface area (Å²) >= 11 is 6.10. The summed E-state index contributed by atoms with van der Waals surface area (Å²) in [5, 5.41) is 9.74. The molecule has 1 saturated heterocycles. The van der Waals surface area contributed by atoms with Crippen LogP contribution >= 0.6 is 11.6 Å². The van der Waals surface area contributed by atoms with Crippen molar-refractivity contribution < 1.29 is 14.6 Å². The molecule has 1 fully saturated rings. The molecule has 0 aliphatic carbocycles. The first-order valence-corrected chi connectivity index (χ1v) is 9.43. The van der Waals surface area contributed by atoms with Crippen LogP contribution in [0.5, 0.6) is 0 Å². The van der Waals surface area contributed by atoms with E-state index in [1.54, 1.807) is 12.1 Å². The van der Waals surface area contributed by atoms with Crippen molar-refractivity contribution in [2.24, 2.45) is 0 Å². The van der Waals surface area contributed by atoms with Crippen molar-refractivity contribution >= 4 is 17.6 Å². The van der Waals surface area contributed by atoms with Crippen LogP contribution < -0.4 is 0 Å². The van der Waals surface area contributed by atoms with Gasteiger partial charge in [-0.05, 0) is 29.8 Å². The second-order valence-corrected chi connectivity index (χ2v) is 7.19. The van der Waals surface area contributed by atoms with E-state index < -0.39 is 5.97 Å². The van der Waals surface area contributed by atoms with Gasteiger partial charge in [-0.3, -0.25) is 4.90 Å². The Kier molecular flexibility index (Phi) is 5.43. The first-order valence-electron chi connectivity index (χ1n) is 9.05. The largest absolute Gasteiger partial charge is 0.478 e. The van der Waals surface area contributed by atoms with Crippen LogP contribution in [0.4, 0.5) is 0 Å². The van der Waals surface area contributed by atoms with Gasteiger partial charge in [-0.25, -0.2) is 9.78 Å². The quantitative estimate of drug-likeness (QED) is 0.680. The number of ether oxygens (including phenoxy) is 1. The van der Waals surface area contributed by atoms with Crippen molar-refractivity contribution in [3.63, 3.8) is 0 Å². The van der Waals surface area contributed by atoms with Gasteiger partial charge in [0.1, 0.15) is 5.82 Å². The number of aromatic carboxylic acids is 1. The topological polar surface area (TPSA) is 78.4 Å². The van der Waals surface area contributed by atoms with E-state index in [1.165, 1.54) is 0 Å². The number of aromatic amines is 1. The zero-order valence-electron chi connectivity index (χ0n) is 15.1. The fourth-order valence-corrected chi connectivity index (χ4v) is 3.57. The average Bonchev–Trinajstić information content (AvgIpc) is 3.19. The molecule has 1 aliphatic rings. The first kappa shape index (κ1) is 18.7. The van der Waals surface area contributed by atoms with Crippen molar-refractivity contribution in [3.05, 3.63) is 76.7 Å². The Labute approximate surface area is 167 Å². The van der Waals surface area contributed by atoms with E-state index >= 15 is 0 Å². The van der Waals surface area contributed by atoms with Gasteiger partial charge in [0.25, 0.3) is 0 Å². The lowest BCUT2D eigenvalue weighted by Gasteiger charge is -2.34. The van der Waals surface area contributed by atoms with Gasteiger partial charge in [-0.2, -0.15) is 0 Å². The lowest BCUT2D eigenvalue weighted by atomic mass is 10.1. The Balaban J connectivity index is 1.53. The third-order valence-corrected chi connectivity index (χ3v) is 5.11. The number of aromatic nitrogens is 2. The predicted molar refractivity (Wildman–Crippen MR) is 106 cm³/mol. The number of nitrogens with one attached hydrogen (secondary N) is 1. The molecule has 0 saturated carbocycles. The summed E-state index contributed by atoms with van der Waals surface area (Å²) in [5.41, 5.74) is 3.24. The number of nitrogens with zero attached hydrogens (tertiary/aromatic N) is 2. The second-order valence-electron chi connectivity index (χ2n) is 6.76. The Morgan fingerprint density at radius 2 is 2.11 bits per heavy atom. The van der Waals surface area contributed by atoms with Crippen LogP contribution in [0.3, 0.4) is 0 Å². The SMILES string of the molecule is O=C(O)c1ccc(CN2CCOC[C@H]2c2ncc(-c3cccc(Cl)c3)[nH]2)cc1. The molecule has 4 rings (SSSR count). The number of carboxylic acids is 1. The molecule has 0 bridgehead atoms. The van der Waals surface area contributed by atoms with Crippen LogP contribution in [0, 0.1) is 0 Å². The number of benzene rings is 2. The number of hydrogen-bond acceptors (Lipinski definition) is 4. The molecule has 2 aromatic carbocycles. The van der Waals surface area contributed by atoms with Gasteiger partial charge in [0.05, 0.1) is 36.7 Å². The standard InChI is InChI=1S/C21H20ClN3O3/c22-17-3-1-2-16(10-17)18-11-23-20(24-18)19-13-28-9-8-25(19)12-14-4-6-15(7-5-14)21(26)27/h1-7,10-11,19H,8-9,12-13H2,(H,23,24)(H,26,27)/t19-/m0/s1. The highest BCUT2D eigenvalue weighted by Crippen LogP contribution is 2.27. The highest BCUT2D eigenvalue weighted by molar-refractivity contribution is 6.30. The van der Waals surface area contributed by atoms with Crippen LogP contribution in [-0.4, -0.2) is 45.7 Å². The molecule has 0 amide bonds. The minimum Gasteiger partial charge on any atom is -0.478 e. The molecule has 0 radical (unpaired) electrons. The third kappa shape index (κ3) is 4.09. The first-order chi connectivity index (χ1) is 13.6. The van der Waals surface area contributed by atoms with Crippen LogP contribution in [0.1, 0.15) is 27.8 Å². The number of hydrogen-bond donors (Lipinski definition) is 2. The number of rotatable bonds is 5. The maximum atomic E-state index is 11.0. The number of carbonyl (C=O) groups is 1. The van der Waals surface area contributed by atoms with Crippen molar-refractivity contribution in [3.8, 4) is 11.3 Å². The van der Waals surface area contributed by atoms with Crippen molar-refractivity contribution in [2.45, 2.75) is 12.6 Å². The molecule has 0 unspecified atom stereocenters. The maximum absolute atomic E-state index is 11.0. The van der Waals surface area contributed by atoms with E-state index in [4.69, 9.17) is 21.4 Å². The minimum absolute atomic E-state index is 0.000773. The van der Waals surface area contributed by atoms with Gasteiger partial charge in [-0.15, -0.1) is 0 Å². The minimum atomic E-state index is -0.917. The number of carboxylic acid groups (broad SMARTS) is 1. The molecular weight excluding hydrogens is 378 g/mol. The number of imidazole rings is 1. The highest BCUT2D eigenvalue weighted by atomic mass is 35.5. The number of morpholine rings is 1. The molecule has 1 atom stereocenters. The van der Waals surface area contributed by atoms with E-state index in [9.17, 15) is 4.79 Å². The van der Waals surface area contributed by atoms with E-state index in [2.05, 4.69) is 14.9 Å². The number of halogens is 1. The normalized spacial score (nSPS) is 17.5. The van der Waals surface area contributed by atoms with Gasteiger partial charge in [0, 0.05) is 23.7 Å². The Morgan fingerprint density at radius 3 is 2.86 bits per heavy atom. The molecule has 0 spiro atoms. The monoisotopic (exact) mass is 397 g/mol. The number of H-pyrrole nitrogens is 1. The summed E-state index contributed by atoms with van der Waals surface area (Å²) < 4.78 is 5.69. The molecule has 28 heavy (non-hydrogen) atoms. The fraction of sp³-hybridized carbons (Fsp3) is 0.238. The van der Waals surface area contributed by atoms with Gasteiger partial charge in [0.15, 0.2) is 0 Å². The van der Waals surface area contributed by atoms with Gasteiger partial charge >= 0.3 is 5.97 Å². The van der Waals surface area contributed by atoms with Crippen molar-refractivity contribution in [1.29, 1.82) is 0 Å².